The molecule has 1 saturated heterocycles. The molecule has 0 saturated carbocycles. The Balaban J connectivity index is 2.14. The fraction of sp³-hybridized carbons (Fsp3) is 0.500. The summed E-state index contributed by atoms with van der Waals surface area (Å²) in [6, 6.07) is 2.12. The van der Waals surface area contributed by atoms with Crippen LogP contribution in [0.4, 0.5) is 5.82 Å². The van der Waals surface area contributed by atoms with Crippen LogP contribution in [-0.2, 0) is 4.74 Å². The maximum absolute atomic E-state index is 9.03. The number of nitriles is 1. The minimum absolute atomic E-state index is 0.113. The summed E-state index contributed by atoms with van der Waals surface area (Å²) in [6.07, 6.45) is 2.12. The molecule has 0 aliphatic carbocycles. The lowest BCUT2D eigenvalue weighted by Crippen LogP contribution is -2.38. The molecule has 1 aliphatic rings. The highest BCUT2D eigenvalue weighted by Crippen LogP contribution is 2.24. The van der Waals surface area contributed by atoms with E-state index < -0.39 is 0 Å². The molecular weight excluding hydrogens is 263 g/mol. The Bertz CT molecular complexity index is 448. The minimum Gasteiger partial charge on any atom is -0.379 e. The van der Waals surface area contributed by atoms with Crippen molar-refractivity contribution in [3.63, 3.8) is 0 Å². The highest BCUT2D eigenvalue weighted by Gasteiger charge is 2.26. The van der Waals surface area contributed by atoms with E-state index in [0.29, 0.717) is 30.5 Å². The van der Waals surface area contributed by atoms with Crippen LogP contribution < -0.4 is 5.32 Å². The molecule has 1 aromatic heterocycles. The zero-order valence-corrected chi connectivity index (χ0v) is 10.4. The molecule has 0 radical (unpaired) electrons. The monoisotopic (exact) mass is 272 g/mol. The molecular formula is C10H10Cl2N4O. The van der Waals surface area contributed by atoms with Gasteiger partial charge in [-0.05, 0) is 18.0 Å². The van der Waals surface area contributed by atoms with Crippen molar-refractivity contribution in [3.05, 3.63) is 16.5 Å². The number of rotatable bonds is 2. The third kappa shape index (κ3) is 2.97. The lowest BCUT2D eigenvalue weighted by Gasteiger charge is -2.28. The maximum Gasteiger partial charge on any atom is 0.224 e. The standard InChI is InChI=1S/C10H10Cl2N4O/c11-7-4-14-10(12)16-9(7)15-8-5-17-2-1-6(8)3-13/h4,6,8H,1-2,5H2,(H,14,15,16). The van der Waals surface area contributed by atoms with E-state index in [2.05, 4.69) is 21.4 Å². The van der Waals surface area contributed by atoms with Crippen molar-refractivity contribution >= 4 is 29.0 Å². The fourth-order valence-corrected chi connectivity index (χ4v) is 1.94. The van der Waals surface area contributed by atoms with Crippen molar-refractivity contribution in [2.24, 2.45) is 5.92 Å². The van der Waals surface area contributed by atoms with Gasteiger partial charge in [0.1, 0.15) is 10.8 Å². The Hall–Kier alpha value is -1.09. The predicted molar refractivity (Wildman–Crippen MR) is 64.0 cm³/mol. The second-order valence-corrected chi connectivity index (χ2v) is 4.43. The summed E-state index contributed by atoms with van der Waals surface area (Å²) in [6.45, 7) is 1.06. The summed E-state index contributed by atoms with van der Waals surface area (Å²) in [5.74, 6) is 0.316. The number of halogens is 2. The van der Waals surface area contributed by atoms with Crippen LogP contribution in [0.5, 0.6) is 0 Å². The number of nitrogens with one attached hydrogen (secondary N) is 1. The van der Waals surface area contributed by atoms with Gasteiger partial charge in [0.2, 0.25) is 5.28 Å². The average molecular weight is 273 g/mol. The van der Waals surface area contributed by atoms with Crippen LogP contribution in [0.25, 0.3) is 0 Å². The first-order valence-electron chi connectivity index (χ1n) is 5.12. The summed E-state index contributed by atoms with van der Waals surface area (Å²) in [5, 5.41) is 12.6. The largest absolute Gasteiger partial charge is 0.379 e. The summed E-state index contributed by atoms with van der Waals surface area (Å²) < 4.78 is 5.32. The highest BCUT2D eigenvalue weighted by atomic mass is 35.5. The van der Waals surface area contributed by atoms with Crippen LogP contribution in [0.15, 0.2) is 6.20 Å². The SMILES string of the molecule is N#CC1CCOCC1Nc1nc(Cl)ncc1Cl. The molecule has 0 aromatic carbocycles. The van der Waals surface area contributed by atoms with E-state index in [9.17, 15) is 0 Å². The molecule has 7 heteroatoms. The second-order valence-electron chi connectivity index (χ2n) is 3.69. The van der Waals surface area contributed by atoms with Crippen molar-refractivity contribution in [2.45, 2.75) is 12.5 Å². The van der Waals surface area contributed by atoms with Crippen LogP contribution in [0.1, 0.15) is 6.42 Å². The topological polar surface area (TPSA) is 70.8 Å². The van der Waals surface area contributed by atoms with E-state index in [1.807, 2.05) is 0 Å². The molecule has 2 unspecified atom stereocenters. The molecule has 0 spiro atoms. The molecule has 1 aromatic rings. The van der Waals surface area contributed by atoms with E-state index in [1.54, 1.807) is 0 Å². The normalized spacial score (nSPS) is 24.1. The third-order valence-corrected chi connectivity index (χ3v) is 3.02. The van der Waals surface area contributed by atoms with Gasteiger partial charge in [0.05, 0.1) is 30.8 Å². The second kappa shape index (κ2) is 5.50. The number of hydrogen-bond donors (Lipinski definition) is 1. The lowest BCUT2D eigenvalue weighted by molar-refractivity contribution is 0.0698. The maximum atomic E-state index is 9.03. The third-order valence-electron chi connectivity index (χ3n) is 2.56. The Morgan fingerprint density at radius 2 is 2.35 bits per heavy atom. The van der Waals surface area contributed by atoms with Crippen LogP contribution in [0.2, 0.25) is 10.3 Å². The van der Waals surface area contributed by atoms with Gasteiger partial charge < -0.3 is 10.1 Å². The first-order valence-corrected chi connectivity index (χ1v) is 5.88. The number of aromatic nitrogens is 2. The molecule has 2 atom stereocenters. The Morgan fingerprint density at radius 1 is 1.53 bits per heavy atom. The first kappa shape index (κ1) is 12.4. The molecule has 90 valence electrons. The molecule has 0 bridgehead atoms. The van der Waals surface area contributed by atoms with Gasteiger partial charge in [-0.1, -0.05) is 11.6 Å². The van der Waals surface area contributed by atoms with Gasteiger partial charge in [0, 0.05) is 6.61 Å². The molecule has 1 aliphatic heterocycles. The quantitative estimate of drug-likeness (QED) is 0.836. The predicted octanol–water partition coefficient (Wildman–Crippen LogP) is 2.12. The van der Waals surface area contributed by atoms with Gasteiger partial charge in [-0.25, -0.2) is 4.98 Å². The van der Waals surface area contributed by atoms with E-state index in [0.717, 1.165) is 0 Å². The number of nitrogens with zero attached hydrogens (tertiary/aromatic N) is 3. The number of anilines is 1. The van der Waals surface area contributed by atoms with Crippen molar-refractivity contribution in [1.29, 1.82) is 5.26 Å². The smallest absolute Gasteiger partial charge is 0.224 e. The van der Waals surface area contributed by atoms with Crippen molar-refractivity contribution in [3.8, 4) is 6.07 Å². The van der Waals surface area contributed by atoms with Crippen LogP contribution in [0.3, 0.4) is 0 Å². The zero-order valence-electron chi connectivity index (χ0n) is 8.86. The summed E-state index contributed by atoms with van der Waals surface area (Å²) in [5.41, 5.74) is 0. The molecule has 1 fully saturated rings. The van der Waals surface area contributed by atoms with E-state index in [4.69, 9.17) is 33.2 Å². The summed E-state index contributed by atoms with van der Waals surface area (Å²) in [7, 11) is 0. The van der Waals surface area contributed by atoms with Gasteiger partial charge in [-0.15, -0.1) is 0 Å². The van der Waals surface area contributed by atoms with Crippen LogP contribution in [-0.4, -0.2) is 29.2 Å². The van der Waals surface area contributed by atoms with E-state index in [-0.39, 0.29) is 17.2 Å². The molecule has 17 heavy (non-hydrogen) atoms. The lowest BCUT2D eigenvalue weighted by atomic mass is 9.96. The van der Waals surface area contributed by atoms with Crippen LogP contribution in [0, 0.1) is 17.2 Å². The molecule has 1 N–H and O–H groups in total. The van der Waals surface area contributed by atoms with E-state index >= 15 is 0 Å². The van der Waals surface area contributed by atoms with Gasteiger partial charge in [-0.2, -0.15) is 10.2 Å². The van der Waals surface area contributed by atoms with Crippen LogP contribution >= 0.6 is 23.2 Å². The molecule has 2 heterocycles. The van der Waals surface area contributed by atoms with E-state index in [1.165, 1.54) is 6.20 Å². The summed E-state index contributed by atoms with van der Waals surface area (Å²) >= 11 is 11.6. The van der Waals surface area contributed by atoms with Gasteiger partial charge >= 0.3 is 0 Å². The minimum atomic E-state index is -0.128. The number of hydrogen-bond acceptors (Lipinski definition) is 5. The highest BCUT2D eigenvalue weighted by molar-refractivity contribution is 6.33. The average Bonchev–Trinajstić information content (AvgIpc) is 2.34. The first-order chi connectivity index (χ1) is 8.20. The Kier molecular flexibility index (Phi) is 4.00. The Labute approximate surface area is 109 Å². The number of ether oxygens (including phenoxy) is 1. The van der Waals surface area contributed by atoms with Crippen molar-refractivity contribution in [1.82, 2.24) is 9.97 Å². The molecule has 5 nitrogen and oxygen atoms in total. The van der Waals surface area contributed by atoms with Crippen molar-refractivity contribution in [2.75, 3.05) is 18.5 Å². The van der Waals surface area contributed by atoms with Gasteiger partial charge in [-0.3, -0.25) is 0 Å². The summed E-state index contributed by atoms with van der Waals surface area (Å²) in [4.78, 5) is 7.74. The molecule has 0 amide bonds. The fourth-order valence-electron chi connectivity index (χ4n) is 1.66. The van der Waals surface area contributed by atoms with Crippen molar-refractivity contribution < 1.29 is 4.74 Å². The van der Waals surface area contributed by atoms with Gasteiger partial charge in [0.15, 0.2) is 0 Å². The zero-order chi connectivity index (χ0) is 12.3. The van der Waals surface area contributed by atoms with Gasteiger partial charge in [0.25, 0.3) is 0 Å². The Morgan fingerprint density at radius 3 is 3.12 bits per heavy atom. The molecule has 2 rings (SSSR count).